The number of halogens is 3. The van der Waals surface area contributed by atoms with Crippen molar-refractivity contribution in [2.75, 3.05) is 45.8 Å². The Labute approximate surface area is 106 Å². The van der Waals surface area contributed by atoms with Gasteiger partial charge in [-0.2, -0.15) is 13.2 Å². The summed E-state index contributed by atoms with van der Waals surface area (Å²) >= 11 is 0. The lowest BCUT2D eigenvalue weighted by Crippen LogP contribution is -2.49. The molecule has 0 spiro atoms. The molecule has 1 atom stereocenters. The molecule has 2 heterocycles. The Balaban J connectivity index is 1.61. The molecule has 3 nitrogen and oxygen atoms in total. The molecule has 0 bridgehead atoms. The minimum atomic E-state index is -4.06. The van der Waals surface area contributed by atoms with Gasteiger partial charge in [-0.25, -0.2) is 0 Å². The van der Waals surface area contributed by atoms with E-state index in [0.717, 1.165) is 32.6 Å². The standard InChI is InChI=1S/C12H22F3N3/c13-12(14,15)10-18-8-6-17(7-9-18)5-3-11-2-1-4-16-11/h11,16H,1-10H2. The zero-order valence-electron chi connectivity index (χ0n) is 10.7. The van der Waals surface area contributed by atoms with Crippen molar-refractivity contribution < 1.29 is 13.2 Å². The number of nitrogens with zero attached hydrogens (tertiary/aromatic N) is 2. The summed E-state index contributed by atoms with van der Waals surface area (Å²) in [6.45, 7) is 3.98. The minimum absolute atomic E-state index is 0.539. The number of alkyl halides is 3. The Morgan fingerprint density at radius 2 is 1.72 bits per heavy atom. The van der Waals surface area contributed by atoms with E-state index in [9.17, 15) is 13.2 Å². The fourth-order valence-electron chi connectivity index (χ4n) is 2.77. The average Bonchev–Trinajstić information content (AvgIpc) is 2.79. The minimum Gasteiger partial charge on any atom is -0.314 e. The number of hydrogen-bond acceptors (Lipinski definition) is 3. The zero-order chi connectivity index (χ0) is 13.0. The van der Waals surface area contributed by atoms with E-state index in [-0.39, 0.29) is 0 Å². The summed E-state index contributed by atoms with van der Waals surface area (Å²) < 4.78 is 36.7. The van der Waals surface area contributed by atoms with Gasteiger partial charge in [0.05, 0.1) is 6.54 Å². The predicted molar refractivity (Wildman–Crippen MR) is 64.6 cm³/mol. The van der Waals surface area contributed by atoms with Crippen LogP contribution in [0.5, 0.6) is 0 Å². The second-order valence-electron chi connectivity index (χ2n) is 5.31. The maximum absolute atomic E-state index is 12.2. The molecular formula is C12H22F3N3. The summed E-state index contributed by atoms with van der Waals surface area (Å²) in [5, 5.41) is 3.45. The van der Waals surface area contributed by atoms with Crippen molar-refractivity contribution >= 4 is 0 Å². The molecule has 6 heteroatoms. The molecule has 2 rings (SSSR count). The maximum atomic E-state index is 12.2. The molecule has 0 aliphatic carbocycles. The smallest absolute Gasteiger partial charge is 0.314 e. The first kappa shape index (κ1) is 14.1. The first-order valence-corrected chi connectivity index (χ1v) is 6.78. The molecule has 1 unspecified atom stereocenters. The highest BCUT2D eigenvalue weighted by molar-refractivity contribution is 4.78. The van der Waals surface area contributed by atoms with Gasteiger partial charge in [-0.15, -0.1) is 0 Å². The van der Waals surface area contributed by atoms with Crippen molar-refractivity contribution in [3.8, 4) is 0 Å². The largest absolute Gasteiger partial charge is 0.401 e. The van der Waals surface area contributed by atoms with Crippen LogP contribution in [0.4, 0.5) is 13.2 Å². The first-order chi connectivity index (χ1) is 8.53. The molecule has 2 fully saturated rings. The Bertz CT molecular complexity index is 243. The highest BCUT2D eigenvalue weighted by Crippen LogP contribution is 2.17. The van der Waals surface area contributed by atoms with Crippen LogP contribution in [0.15, 0.2) is 0 Å². The van der Waals surface area contributed by atoms with Crippen LogP contribution in [-0.2, 0) is 0 Å². The monoisotopic (exact) mass is 265 g/mol. The van der Waals surface area contributed by atoms with Crippen molar-refractivity contribution in [1.29, 1.82) is 0 Å². The number of rotatable bonds is 4. The molecule has 0 aromatic carbocycles. The third-order valence-electron chi connectivity index (χ3n) is 3.82. The fourth-order valence-corrected chi connectivity index (χ4v) is 2.77. The quantitative estimate of drug-likeness (QED) is 0.827. The third kappa shape index (κ3) is 4.74. The summed E-state index contributed by atoms with van der Waals surface area (Å²) in [5.74, 6) is 0. The summed E-state index contributed by atoms with van der Waals surface area (Å²) in [6.07, 6.45) is -0.437. The summed E-state index contributed by atoms with van der Waals surface area (Å²) in [6, 6.07) is 0.623. The highest BCUT2D eigenvalue weighted by atomic mass is 19.4. The van der Waals surface area contributed by atoms with Crippen LogP contribution < -0.4 is 5.32 Å². The SMILES string of the molecule is FC(F)(F)CN1CCN(CCC2CCCN2)CC1. The molecule has 0 aromatic rings. The van der Waals surface area contributed by atoms with Crippen LogP contribution in [0.2, 0.25) is 0 Å². The van der Waals surface area contributed by atoms with Gasteiger partial charge in [0.25, 0.3) is 0 Å². The second kappa shape index (κ2) is 6.21. The van der Waals surface area contributed by atoms with Gasteiger partial charge in [0.15, 0.2) is 0 Å². The third-order valence-corrected chi connectivity index (χ3v) is 3.82. The summed E-state index contributed by atoms with van der Waals surface area (Å²) in [4.78, 5) is 3.79. The molecule has 2 saturated heterocycles. The summed E-state index contributed by atoms with van der Waals surface area (Å²) in [7, 11) is 0. The van der Waals surface area contributed by atoms with Crippen molar-refractivity contribution in [3.63, 3.8) is 0 Å². The number of hydrogen-bond donors (Lipinski definition) is 1. The topological polar surface area (TPSA) is 18.5 Å². The van der Waals surface area contributed by atoms with Crippen LogP contribution >= 0.6 is 0 Å². The molecular weight excluding hydrogens is 243 g/mol. The fraction of sp³-hybridized carbons (Fsp3) is 1.00. The van der Waals surface area contributed by atoms with E-state index in [4.69, 9.17) is 0 Å². The van der Waals surface area contributed by atoms with Gasteiger partial charge in [0, 0.05) is 32.2 Å². The maximum Gasteiger partial charge on any atom is 0.401 e. The molecule has 0 aromatic heterocycles. The molecule has 0 saturated carbocycles. The van der Waals surface area contributed by atoms with E-state index < -0.39 is 12.7 Å². The Kier molecular flexibility index (Phi) is 4.86. The van der Waals surface area contributed by atoms with Crippen molar-refractivity contribution in [2.45, 2.75) is 31.5 Å². The summed E-state index contributed by atoms with van der Waals surface area (Å²) in [5.41, 5.74) is 0. The first-order valence-electron chi connectivity index (χ1n) is 6.78. The van der Waals surface area contributed by atoms with Crippen molar-refractivity contribution in [1.82, 2.24) is 15.1 Å². The molecule has 0 radical (unpaired) electrons. The van der Waals surface area contributed by atoms with Gasteiger partial charge >= 0.3 is 6.18 Å². The van der Waals surface area contributed by atoms with Crippen molar-refractivity contribution in [2.24, 2.45) is 0 Å². The van der Waals surface area contributed by atoms with Gasteiger partial charge < -0.3 is 10.2 Å². The van der Waals surface area contributed by atoms with Crippen LogP contribution in [-0.4, -0.2) is 67.8 Å². The van der Waals surface area contributed by atoms with E-state index in [1.54, 1.807) is 0 Å². The van der Waals surface area contributed by atoms with E-state index in [2.05, 4.69) is 10.2 Å². The van der Waals surface area contributed by atoms with Gasteiger partial charge in [-0.1, -0.05) is 0 Å². The predicted octanol–water partition coefficient (Wildman–Crippen LogP) is 1.31. The van der Waals surface area contributed by atoms with Gasteiger partial charge in [-0.05, 0) is 32.4 Å². The van der Waals surface area contributed by atoms with E-state index >= 15 is 0 Å². The van der Waals surface area contributed by atoms with Crippen LogP contribution in [0.25, 0.3) is 0 Å². The Morgan fingerprint density at radius 3 is 2.28 bits per heavy atom. The number of piperazine rings is 1. The van der Waals surface area contributed by atoms with E-state index in [0.29, 0.717) is 19.1 Å². The van der Waals surface area contributed by atoms with E-state index in [1.807, 2.05) is 0 Å². The lowest BCUT2D eigenvalue weighted by Gasteiger charge is -2.35. The van der Waals surface area contributed by atoms with Crippen LogP contribution in [0.1, 0.15) is 19.3 Å². The van der Waals surface area contributed by atoms with Crippen LogP contribution in [0.3, 0.4) is 0 Å². The molecule has 2 aliphatic rings. The van der Waals surface area contributed by atoms with Crippen molar-refractivity contribution in [3.05, 3.63) is 0 Å². The van der Waals surface area contributed by atoms with Gasteiger partial charge in [-0.3, -0.25) is 4.90 Å². The lowest BCUT2D eigenvalue weighted by atomic mass is 10.1. The normalized spacial score (nSPS) is 27.8. The Morgan fingerprint density at radius 1 is 1.06 bits per heavy atom. The lowest BCUT2D eigenvalue weighted by molar-refractivity contribution is -0.149. The molecule has 0 amide bonds. The highest BCUT2D eigenvalue weighted by Gasteiger charge is 2.32. The van der Waals surface area contributed by atoms with Crippen LogP contribution in [0, 0.1) is 0 Å². The molecule has 106 valence electrons. The molecule has 1 N–H and O–H groups in total. The second-order valence-corrected chi connectivity index (χ2v) is 5.31. The van der Waals surface area contributed by atoms with Gasteiger partial charge in [0.1, 0.15) is 0 Å². The Hall–Kier alpha value is -0.330. The number of nitrogens with one attached hydrogen (secondary N) is 1. The molecule has 18 heavy (non-hydrogen) atoms. The average molecular weight is 265 g/mol. The zero-order valence-corrected chi connectivity index (χ0v) is 10.7. The van der Waals surface area contributed by atoms with Gasteiger partial charge in [0.2, 0.25) is 0 Å². The molecule has 2 aliphatic heterocycles. The van der Waals surface area contributed by atoms with E-state index in [1.165, 1.54) is 17.7 Å².